The van der Waals surface area contributed by atoms with Gasteiger partial charge in [-0.25, -0.2) is 13.1 Å². The Morgan fingerprint density at radius 3 is 2.75 bits per heavy atom. The van der Waals surface area contributed by atoms with Crippen molar-refractivity contribution in [1.82, 2.24) is 4.72 Å². The predicted octanol–water partition coefficient (Wildman–Crippen LogP) is 2.09. The third-order valence-electron chi connectivity index (χ3n) is 2.03. The lowest BCUT2D eigenvalue weighted by Gasteiger charge is -2.03. The summed E-state index contributed by atoms with van der Waals surface area (Å²) < 4.78 is 26.2. The van der Waals surface area contributed by atoms with E-state index in [1.54, 1.807) is 0 Å². The Kier molecular flexibility index (Phi) is 4.93. The zero-order chi connectivity index (χ0) is 12.0. The molecular weight excluding hydrogens is 244 g/mol. The molecule has 16 heavy (non-hydrogen) atoms. The van der Waals surface area contributed by atoms with Gasteiger partial charge in [-0.15, -0.1) is 11.3 Å². The summed E-state index contributed by atoms with van der Waals surface area (Å²) in [5.41, 5.74) is 0. The van der Waals surface area contributed by atoms with Gasteiger partial charge in [0.15, 0.2) is 0 Å². The van der Waals surface area contributed by atoms with Crippen molar-refractivity contribution in [3.63, 3.8) is 0 Å². The van der Waals surface area contributed by atoms with Crippen LogP contribution in [0.15, 0.2) is 16.3 Å². The number of nitrogens with one attached hydrogen (secondary N) is 1. The fraction of sp³-hybridized carbons (Fsp3) is 0.500. The largest absolute Gasteiger partial charge is 0.250 e. The lowest BCUT2D eigenvalue weighted by atomic mass is 10.3. The molecule has 0 saturated heterocycles. The molecule has 0 unspecified atom stereocenters. The van der Waals surface area contributed by atoms with Crippen molar-refractivity contribution in [3.05, 3.63) is 17.0 Å². The molecule has 0 saturated carbocycles. The van der Waals surface area contributed by atoms with Crippen LogP contribution in [0.2, 0.25) is 0 Å². The molecule has 1 aromatic heterocycles. The van der Waals surface area contributed by atoms with Gasteiger partial charge in [0.05, 0.1) is 0 Å². The van der Waals surface area contributed by atoms with Gasteiger partial charge < -0.3 is 0 Å². The number of sulfonamides is 1. The van der Waals surface area contributed by atoms with Crippen LogP contribution >= 0.6 is 11.3 Å². The molecule has 88 valence electrons. The van der Waals surface area contributed by atoms with E-state index in [1.807, 2.05) is 6.07 Å². The van der Waals surface area contributed by atoms with Crippen molar-refractivity contribution >= 4 is 21.4 Å². The van der Waals surface area contributed by atoms with Gasteiger partial charge in [0.2, 0.25) is 10.0 Å². The van der Waals surface area contributed by atoms with E-state index in [9.17, 15) is 8.42 Å². The highest BCUT2D eigenvalue weighted by Crippen LogP contribution is 2.20. The number of nitrogens with zero attached hydrogens (tertiary/aromatic N) is 1. The van der Waals surface area contributed by atoms with Gasteiger partial charge in [0, 0.05) is 6.54 Å². The number of thiophene rings is 1. The normalized spacial score (nSPS) is 11.2. The maximum Gasteiger partial charge on any atom is 0.250 e. The molecule has 0 aliphatic carbocycles. The van der Waals surface area contributed by atoms with Crippen LogP contribution in [0, 0.1) is 11.3 Å². The van der Waals surface area contributed by atoms with Crippen molar-refractivity contribution in [1.29, 1.82) is 5.26 Å². The molecule has 0 radical (unpaired) electrons. The Bertz CT molecular complexity index is 471. The van der Waals surface area contributed by atoms with E-state index in [0.717, 1.165) is 30.6 Å². The van der Waals surface area contributed by atoms with E-state index in [2.05, 4.69) is 11.6 Å². The maximum absolute atomic E-state index is 11.7. The number of unbranched alkanes of at least 4 members (excludes halogenated alkanes) is 2. The third kappa shape index (κ3) is 3.59. The lowest BCUT2D eigenvalue weighted by Crippen LogP contribution is -2.23. The Labute approximate surface area is 100.0 Å². The van der Waals surface area contributed by atoms with Gasteiger partial charge in [-0.1, -0.05) is 19.8 Å². The van der Waals surface area contributed by atoms with Crippen molar-refractivity contribution in [2.75, 3.05) is 6.54 Å². The van der Waals surface area contributed by atoms with E-state index < -0.39 is 10.0 Å². The van der Waals surface area contributed by atoms with Gasteiger partial charge in [-0.05, 0) is 18.6 Å². The summed E-state index contributed by atoms with van der Waals surface area (Å²) in [6.07, 6.45) is 2.90. The minimum Gasteiger partial charge on any atom is -0.210 e. The molecule has 0 amide bonds. The highest BCUT2D eigenvalue weighted by Gasteiger charge is 2.15. The third-order valence-corrected chi connectivity index (χ3v) is 4.97. The van der Waals surface area contributed by atoms with Crippen molar-refractivity contribution < 1.29 is 8.42 Å². The van der Waals surface area contributed by atoms with Crippen molar-refractivity contribution in [2.45, 2.75) is 30.4 Å². The molecule has 4 nitrogen and oxygen atoms in total. The van der Waals surface area contributed by atoms with Crippen molar-refractivity contribution in [2.24, 2.45) is 0 Å². The predicted molar refractivity (Wildman–Crippen MR) is 63.7 cm³/mol. The molecule has 0 aromatic carbocycles. The molecule has 0 spiro atoms. The molecule has 0 bridgehead atoms. The molecule has 1 rings (SSSR count). The van der Waals surface area contributed by atoms with Crippen LogP contribution in [0.1, 0.15) is 31.1 Å². The summed E-state index contributed by atoms with van der Waals surface area (Å²) in [4.78, 5) is 0.411. The van der Waals surface area contributed by atoms with Gasteiger partial charge in [-0.2, -0.15) is 5.26 Å². The maximum atomic E-state index is 11.7. The fourth-order valence-corrected chi connectivity index (χ4v) is 3.40. The van der Waals surface area contributed by atoms with Gasteiger partial charge in [0.1, 0.15) is 15.2 Å². The average Bonchev–Trinajstić information content (AvgIpc) is 2.73. The monoisotopic (exact) mass is 258 g/mol. The van der Waals surface area contributed by atoms with E-state index in [0.29, 0.717) is 11.4 Å². The quantitative estimate of drug-likeness (QED) is 0.794. The van der Waals surface area contributed by atoms with E-state index >= 15 is 0 Å². The molecule has 1 heterocycles. The zero-order valence-electron chi connectivity index (χ0n) is 9.06. The number of rotatable bonds is 6. The SMILES string of the molecule is CCCCCNS(=O)(=O)c1ccc(C#N)s1. The highest BCUT2D eigenvalue weighted by molar-refractivity contribution is 7.91. The smallest absolute Gasteiger partial charge is 0.210 e. The average molecular weight is 258 g/mol. The van der Waals surface area contributed by atoms with Crippen LogP contribution in [0.4, 0.5) is 0 Å². The van der Waals surface area contributed by atoms with Gasteiger partial charge in [-0.3, -0.25) is 0 Å². The summed E-state index contributed by atoms with van der Waals surface area (Å²) in [7, 11) is -3.41. The Hall–Kier alpha value is -0.900. The zero-order valence-corrected chi connectivity index (χ0v) is 10.7. The molecule has 0 fully saturated rings. The van der Waals surface area contributed by atoms with Crippen LogP contribution in [-0.2, 0) is 10.0 Å². The minimum atomic E-state index is -3.41. The molecule has 0 atom stereocenters. The summed E-state index contributed by atoms with van der Waals surface area (Å²) in [5.74, 6) is 0. The Morgan fingerprint density at radius 1 is 1.44 bits per heavy atom. The first kappa shape index (κ1) is 13.2. The number of nitriles is 1. The molecule has 1 N–H and O–H groups in total. The van der Waals surface area contributed by atoms with Crippen LogP contribution < -0.4 is 4.72 Å². The lowest BCUT2D eigenvalue weighted by molar-refractivity contribution is 0.578. The Morgan fingerprint density at radius 2 is 2.19 bits per heavy atom. The van der Waals surface area contributed by atoms with E-state index in [4.69, 9.17) is 5.26 Å². The first-order valence-corrected chi connectivity index (χ1v) is 7.39. The first-order chi connectivity index (χ1) is 7.60. The molecule has 1 aromatic rings. The van der Waals surface area contributed by atoms with Crippen LogP contribution in [0.3, 0.4) is 0 Å². The van der Waals surface area contributed by atoms with E-state index in [-0.39, 0.29) is 4.21 Å². The fourth-order valence-electron chi connectivity index (χ4n) is 1.18. The summed E-state index contributed by atoms with van der Waals surface area (Å²) >= 11 is 0.992. The van der Waals surface area contributed by atoms with Gasteiger partial charge in [0.25, 0.3) is 0 Å². The van der Waals surface area contributed by atoms with Crippen LogP contribution in [-0.4, -0.2) is 15.0 Å². The van der Waals surface area contributed by atoms with Crippen LogP contribution in [0.25, 0.3) is 0 Å². The minimum absolute atomic E-state index is 0.209. The second kappa shape index (κ2) is 5.99. The summed E-state index contributed by atoms with van der Waals surface area (Å²) in [6, 6.07) is 4.90. The number of hydrogen-bond acceptors (Lipinski definition) is 4. The number of hydrogen-bond donors (Lipinski definition) is 1. The molecular formula is C10H14N2O2S2. The highest BCUT2D eigenvalue weighted by atomic mass is 32.2. The Balaban J connectivity index is 2.61. The molecule has 0 aliphatic rings. The molecule has 6 heteroatoms. The first-order valence-electron chi connectivity index (χ1n) is 5.09. The second-order valence-corrected chi connectivity index (χ2v) is 6.41. The topological polar surface area (TPSA) is 70.0 Å². The second-order valence-electron chi connectivity index (χ2n) is 3.34. The van der Waals surface area contributed by atoms with Gasteiger partial charge >= 0.3 is 0 Å². The standard InChI is InChI=1S/C10H14N2O2S2/c1-2-3-4-7-12-16(13,14)10-6-5-9(8-11)15-10/h5-6,12H,2-4,7H2,1H3. The van der Waals surface area contributed by atoms with Crippen molar-refractivity contribution in [3.8, 4) is 6.07 Å². The van der Waals surface area contributed by atoms with Crippen LogP contribution in [0.5, 0.6) is 0 Å². The summed E-state index contributed by atoms with van der Waals surface area (Å²) in [6.45, 7) is 2.52. The van der Waals surface area contributed by atoms with E-state index in [1.165, 1.54) is 12.1 Å². The molecule has 0 aliphatic heterocycles. The summed E-state index contributed by atoms with van der Waals surface area (Å²) in [5, 5.41) is 8.61.